The second-order valence-corrected chi connectivity index (χ2v) is 6.78. The zero-order valence-corrected chi connectivity index (χ0v) is 16.7. The molecule has 6 heteroatoms. The van der Waals surface area contributed by atoms with E-state index in [-0.39, 0.29) is 24.8 Å². The van der Waals surface area contributed by atoms with Crippen LogP contribution >= 0.6 is 0 Å². The molecule has 1 aromatic carbocycles. The van der Waals surface area contributed by atoms with Gasteiger partial charge in [0.2, 0.25) is 6.04 Å². The second kappa shape index (κ2) is 10.3. The summed E-state index contributed by atoms with van der Waals surface area (Å²) in [6.07, 6.45) is 2.83. The number of esters is 2. The van der Waals surface area contributed by atoms with Crippen molar-refractivity contribution in [2.24, 2.45) is 0 Å². The van der Waals surface area contributed by atoms with Crippen molar-refractivity contribution in [2.45, 2.75) is 26.0 Å². The van der Waals surface area contributed by atoms with Crippen LogP contribution in [0.25, 0.3) is 0 Å². The summed E-state index contributed by atoms with van der Waals surface area (Å²) >= 11 is 0. The molecule has 6 nitrogen and oxygen atoms in total. The summed E-state index contributed by atoms with van der Waals surface area (Å²) < 4.78 is 12.3. The summed E-state index contributed by atoms with van der Waals surface area (Å²) in [7, 11) is 0. The molecule has 2 rings (SSSR count). The van der Waals surface area contributed by atoms with Gasteiger partial charge in [-0.2, -0.15) is 4.57 Å². The molecule has 1 N–H and O–H groups in total. The zero-order chi connectivity index (χ0) is 21.4. The van der Waals surface area contributed by atoms with Crippen molar-refractivity contribution >= 4 is 11.9 Å². The molecule has 0 bridgehead atoms. The zero-order valence-electron chi connectivity index (χ0n) is 16.7. The standard InChI is InChI=1S/C23H26NO5/c1-16(2)22(26)28-14-20(24-12-6-5-7-13-24)18-8-10-19(11-9-18)21(25)15-29-23(27)17(3)4/h5-13,20-21,25H,1,3,14-15H2,2,4H3/q+1. The molecule has 1 aromatic heterocycles. The minimum absolute atomic E-state index is 0.137. The van der Waals surface area contributed by atoms with Crippen LogP contribution in [0.5, 0.6) is 0 Å². The van der Waals surface area contributed by atoms with Crippen LogP contribution in [0.15, 0.2) is 79.2 Å². The highest BCUT2D eigenvalue weighted by molar-refractivity contribution is 5.87. The molecule has 0 aliphatic carbocycles. The summed E-state index contributed by atoms with van der Waals surface area (Å²) in [4.78, 5) is 23.3. The maximum Gasteiger partial charge on any atom is 0.333 e. The normalized spacial score (nSPS) is 12.5. The first-order chi connectivity index (χ1) is 13.8. The highest BCUT2D eigenvalue weighted by Crippen LogP contribution is 2.19. The fraction of sp³-hybridized carbons (Fsp3) is 0.261. The van der Waals surface area contributed by atoms with Gasteiger partial charge in [0, 0.05) is 28.8 Å². The second-order valence-electron chi connectivity index (χ2n) is 6.78. The van der Waals surface area contributed by atoms with Crippen molar-refractivity contribution in [3.05, 3.63) is 90.3 Å². The Bertz CT molecular complexity index is 874. The Balaban J connectivity index is 2.15. The lowest BCUT2D eigenvalue weighted by Gasteiger charge is -2.15. The largest absolute Gasteiger partial charge is 0.459 e. The first-order valence-electron chi connectivity index (χ1n) is 9.18. The van der Waals surface area contributed by atoms with E-state index in [4.69, 9.17) is 9.47 Å². The molecule has 0 saturated heterocycles. The minimum Gasteiger partial charge on any atom is -0.459 e. The van der Waals surface area contributed by atoms with E-state index in [1.54, 1.807) is 26.0 Å². The summed E-state index contributed by atoms with van der Waals surface area (Å²) in [5.41, 5.74) is 2.12. The van der Waals surface area contributed by atoms with Crippen LogP contribution in [0.2, 0.25) is 0 Å². The summed E-state index contributed by atoms with van der Waals surface area (Å²) in [6.45, 7) is 10.2. The predicted molar refractivity (Wildman–Crippen MR) is 108 cm³/mol. The summed E-state index contributed by atoms with van der Waals surface area (Å²) in [6, 6.07) is 12.6. The molecule has 2 atom stereocenters. The number of nitrogens with zero attached hydrogens (tertiary/aromatic N) is 1. The molecular weight excluding hydrogens is 370 g/mol. The van der Waals surface area contributed by atoms with Gasteiger partial charge in [-0.3, -0.25) is 0 Å². The number of rotatable bonds is 9. The van der Waals surface area contributed by atoms with Gasteiger partial charge in [-0.25, -0.2) is 9.59 Å². The number of ether oxygens (including phenoxy) is 2. The number of carbonyl (C=O) groups excluding carboxylic acids is 2. The first kappa shape index (κ1) is 22.0. The Hall–Kier alpha value is -3.25. The monoisotopic (exact) mass is 396 g/mol. The van der Waals surface area contributed by atoms with Gasteiger partial charge in [-0.1, -0.05) is 43.5 Å². The van der Waals surface area contributed by atoms with E-state index in [0.29, 0.717) is 11.1 Å². The Kier molecular flexibility index (Phi) is 7.86. The topological polar surface area (TPSA) is 76.7 Å². The van der Waals surface area contributed by atoms with Crippen molar-refractivity contribution in [1.82, 2.24) is 0 Å². The third kappa shape index (κ3) is 6.40. The number of aromatic nitrogens is 1. The molecule has 29 heavy (non-hydrogen) atoms. The van der Waals surface area contributed by atoms with Crippen LogP contribution in [0.3, 0.4) is 0 Å². The van der Waals surface area contributed by atoms with E-state index in [0.717, 1.165) is 5.56 Å². The molecule has 0 spiro atoms. The van der Waals surface area contributed by atoms with Crippen LogP contribution in [-0.4, -0.2) is 30.3 Å². The summed E-state index contributed by atoms with van der Waals surface area (Å²) in [5, 5.41) is 10.2. The number of aliphatic hydroxyl groups excluding tert-OH is 1. The van der Waals surface area contributed by atoms with Crippen molar-refractivity contribution < 1.29 is 28.7 Å². The number of aliphatic hydroxyl groups is 1. The molecule has 0 fully saturated rings. The summed E-state index contributed by atoms with van der Waals surface area (Å²) in [5.74, 6) is -0.988. The van der Waals surface area contributed by atoms with Gasteiger partial charge in [-0.15, -0.1) is 0 Å². The van der Waals surface area contributed by atoms with E-state index in [2.05, 4.69) is 13.2 Å². The molecule has 0 aliphatic heterocycles. The molecule has 0 saturated carbocycles. The lowest BCUT2D eigenvalue weighted by Crippen LogP contribution is -2.42. The van der Waals surface area contributed by atoms with Crippen molar-refractivity contribution in [2.75, 3.05) is 13.2 Å². The molecule has 0 aliphatic rings. The van der Waals surface area contributed by atoms with Crippen LogP contribution in [0.1, 0.15) is 37.1 Å². The maximum atomic E-state index is 11.8. The molecule has 152 valence electrons. The molecule has 0 radical (unpaired) electrons. The van der Waals surface area contributed by atoms with E-state index < -0.39 is 18.0 Å². The molecular formula is C23H26NO5+. The molecule has 2 aromatic rings. The Morgan fingerprint density at radius 3 is 1.90 bits per heavy atom. The fourth-order valence-corrected chi connectivity index (χ4v) is 2.57. The van der Waals surface area contributed by atoms with E-state index in [1.165, 1.54) is 0 Å². The third-order valence-corrected chi connectivity index (χ3v) is 4.25. The quantitative estimate of drug-likeness (QED) is 0.401. The van der Waals surface area contributed by atoms with E-state index in [1.807, 2.05) is 47.3 Å². The number of hydrogen-bond donors (Lipinski definition) is 1. The van der Waals surface area contributed by atoms with Gasteiger partial charge in [0.1, 0.15) is 12.7 Å². The van der Waals surface area contributed by atoms with Crippen LogP contribution < -0.4 is 4.57 Å². The van der Waals surface area contributed by atoms with Gasteiger partial charge >= 0.3 is 11.9 Å². The van der Waals surface area contributed by atoms with Crippen LogP contribution in [0.4, 0.5) is 0 Å². The maximum absolute atomic E-state index is 11.8. The van der Waals surface area contributed by atoms with Gasteiger partial charge in [0.15, 0.2) is 19.0 Å². The highest BCUT2D eigenvalue weighted by Gasteiger charge is 2.23. The van der Waals surface area contributed by atoms with Gasteiger partial charge in [0.05, 0.1) is 0 Å². The number of carbonyl (C=O) groups is 2. The van der Waals surface area contributed by atoms with Gasteiger partial charge in [-0.05, 0) is 19.4 Å². The van der Waals surface area contributed by atoms with Crippen molar-refractivity contribution in [3.8, 4) is 0 Å². The van der Waals surface area contributed by atoms with Crippen molar-refractivity contribution in [3.63, 3.8) is 0 Å². The average Bonchev–Trinajstić information content (AvgIpc) is 2.72. The SMILES string of the molecule is C=C(C)C(=O)OCC(O)c1ccc(C(COC(=O)C(=C)C)[n+]2ccccc2)cc1. The number of benzene rings is 1. The highest BCUT2D eigenvalue weighted by atomic mass is 16.5. The Labute approximate surface area is 170 Å². The molecule has 1 heterocycles. The lowest BCUT2D eigenvalue weighted by atomic mass is 10.0. The average molecular weight is 396 g/mol. The molecule has 2 unspecified atom stereocenters. The Morgan fingerprint density at radius 2 is 1.38 bits per heavy atom. The molecule has 0 amide bonds. The van der Waals surface area contributed by atoms with Crippen LogP contribution in [0, 0.1) is 0 Å². The first-order valence-corrected chi connectivity index (χ1v) is 9.18. The predicted octanol–water partition coefficient (Wildman–Crippen LogP) is 2.84. The van der Waals surface area contributed by atoms with E-state index in [9.17, 15) is 14.7 Å². The third-order valence-electron chi connectivity index (χ3n) is 4.25. The van der Waals surface area contributed by atoms with Crippen LogP contribution in [-0.2, 0) is 19.1 Å². The smallest absolute Gasteiger partial charge is 0.333 e. The Morgan fingerprint density at radius 1 is 0.897 bits per heavy atom. The van der Waals surface area contributed by atoms with Gasteiger partial charge in [0.25, 0.3) is 0 Å². The fourth-order valence-electron chi connectivity index (χ4n) is 2.57. The van der Waals surface area contributed by atoms with Gasteiger partial charge < -0.3 is 14.6 Å². The van der Waals surface area contributed by atoms with Crippen molar-refractivity contribution in [1.29, 1.82) is 0 Å². The number of hydrogen-bond acceptors (Lipinski definition) is 5. The lowest BCUT2D eigenvalue weighted by molar-refractivity contribution is -0.715. The number of pyridine rings is 1. The minimum atomic E-state index is -0.948. The van der Waals surface area contributed by atoms with E-state index >= 15 is 0 Å².